The van der Waals surface area contributed by atoms with Crippen molar-refractivity contribution in [1.82, 2.24) is 4.31 Å². The van der Waals surface area contributed by atoms with Gasteiger partial charge in [-0.25, -0.2) is 4.31 Å². The summed E-state index contributed by atoms with van der Waals surface area (Å²) in [6, 6.07) is 10.2. The van der Waals surface area contributed by atoms with Crippen molar-refractivity contribution < 1.29 is 8.76 Å². The fraction of sp³-hybridized carbons (Fsp3) is 0.500. The van der Waals surface area contributed by atoms with Crippen LogP contribution in [0, 0.1) is 0 Å². The summed E-state index contributed by atoms with van der Waals surface area (Å²) < 4.78 is 23.2. The Hall–Kier alpha value is -0.750. The summed E-state index contributed by atoms with van der Waals surface area (Å²) in [7, 11) is 0. The van der Waals surface area contributed by atoms with Crippen LogP contribution in [0.2, 0.25) is 0 Å². The second-order valence-electron chi connectivity index (χ2n) is 4.50. The van der Waals surface area contributed by atoms with Crippen LogP contribution in [0.15, 0.2) is 30.3 Å². The molecule has 0 aliphatic carbocycles. The van der Waals surface area contributed by atoms with Gasteiger partial charge < -0.3 is 10.3 Å². The molecule has 1 aromatic rings. The van der Waals surface area contributed by atoms with Gasteiger partial charge in [-0.05, 0) is 18.4 Å². The lowest BCUT2D eigenvalue weighted by molar-refractivity contribution is 0.233. The Balaban J connectivity index is 2.16. The lowest BCUT2D eigenvalue weighted by Crippen LogP contribution is -2.47. The third-order valence-electron chi connectivity index (χ3n) is 3.67. The molecular weight excluding hydrogens is 236 g/mol. The number of hydrogen-bond donors (Lipinski definition) is 1. The highest BCUT2D eigenvalue weighted by Crippen LogP contribution is 2.34. The number of nitrogens with two attached hydrogens (primary N) is 1. The van der Waals surface area contributed by atoms with Crippen molar-refractivity contribution in [3.63, 3.8) is 0 Å². The third kappa shape index (κ3) is 2.57. The number of benzene rings is 1. The van der Waals surface area contributed by atoms with Gasteiger partial charge in [0.15, 0.2) is 0 Å². The monoisotopic (exact) mass is 253 g/mol. The molecule has 1 aromatic carbocycles. The lowest BCUT2D eigenvalue weighted by atomic mass is 9.73. The van der Waals surface area contributed by atoms with Gasteiger partial charge in [-0.2, -0.15) is 0 Å². The third-order valence-corrected chi connectivity index (χ3v) is 4.45. The van der Waals surface area contributed by atoms with Crippen LogP contribution in [0.1, 0.15) is 18.4 Å². The molecule has 0 amide bonds. The van der Waals surface area contributed by atoms with Gasteiger partial charge in [-0.3, -0.25) is 4.21 Å². The van der Waals surface area contributed by atoms with E-state index in [1.165, 1.54) is 9.87 Å². The molecule has 1 heterocycles. The van der Waals surface area contributed by atoms with E-state index in [0.29, 0.717) is 19.6 Å². The van der Waals surface area contributed by atoms with E-state index in [1.54, 1.807) is 0 Å². The molecular formula is C12H17N2O2S-. The SMILES string of the molecule is NCC1(c2ccccc2)CCN(S(=O)[O-])CC1. The summed E-state index contributed by atoms with van der Waals surface area (Å²) in [5, 5.41) is 0. The molecule has 17 heavy (non-hydrogen) atoms. The van der Waals surface area contributed by atoms with Crippen molar-refractivity contribution in [2.45, 2.75) is 18.3 Å². The van der Waals surface area contributed by atoms with E-state index in [0.717, 1.165) is 12.8 Å². The standard InChI is InChI=1S/C12H18N2O2S/c13-10-12(11-4-2-1-3-5-11)6-8-14(9-7-12)17(15)16/h1-5H,6-10,13H2,(H,15,16)/p-1. The largest absolute Gasteiger partial charge is 0.760 e. The van der Waals surface area contributed by atoms with Crippen molar-refractivity contribution in [2.24, 2.45) is 5.73 Å². The van der Waals surface area contributed by atoms with Gasteiger partial charge in [0.05, 0.1) is 0 Å². The van der Waals surface area contributed by atoms with Gasteiger partial charge in [0.2, 0.25) is 0 Å². The number of hydrogen-bond acceptors (Lipinski definition) is 3. The molecule has 1 unspecified atom stereocenters. The van der Waals surface area contributed by atoms with Crippen LogP contribution in [0.25, 0.3) is 0 Å². The molecule has 0 spiro atoms. The van der Waals surface area contributed by atoms with Crippen LogP contribution in [0.5, 0.6) is 0 Å². The predicted octanol–water partition coefficient (Wildman–Crippen LogP) is 0.773. The van der Waals surface area contributed by atoms with E-state index in [-0.39, 0.29) is 5.41 Å². The van der Waals surface area contributed by atoms with Crippen LogP contribution in [0.4, 0.5) is 0 Å². The Morgan fingerprint density at radius 1 is 1.29 bits per heavy atom. The van der Waals surface area contributed by atoms with Crippen molar-refractivity contribution in [3.05, 3.63) is 35.9 Å². The molecule has 1 saturated heterocycles. The highest BCUT2D eigenvalue weighted by molar-refractivity contribution is 7.76. The average Bonchev–Trinajstić information content (AvgIpc) is 2.40. The van der Waals surface area contributed by atoms with Gasteiger partial charge in [0, 0.05) is 36.3 Å². The van der Waals surface area contributed by atoms with Crippen molar-refractivity contribution >= 4 is 11.3 Å². The fourth-order valence-corrected chi connectivity index (χ4v) is 2.95. The predicted molar refractivity (Wildman–Crippen MR) is 66.9 cm³/mol. The van der Waals surface area contributed by atoms with E-state index >= 15 is 0 Å². The zero-order chi connectivity index (χ0) is 12.3. The van der Waals surface area contributed by atoms with Crippen molar-refractivity contribution in [2.75, 3.05) is 19.6 Å². The van der Waals surface area contributed by atoms with E-state index in [9.17, 15) is 8.76 Å². The molecule has 94 valence electrons. The van der Waals surface area contributed by atoms with Gasteiger partial charge in [0.25, 0.3) is 0 Å². The van der Waals surface area contributed by atoms with Crippen LogP contribution < -0.4 is 5.73 Å². The molecule has 2 N–H and O–H groups in total. The van der Waals surface area contributed by atoms with Gasteiger partial charge in [0.1, 0.15) is 0 Å². The molecule has 4 nitrogen and oxygen atoms in total. The summed E-state index contributed by atoms with van der Waals surface area (Å²) in [4.78, 5) is 0. The topological polar surface area (TPSA) is 69.4 Å². The quantitative estimate of drug-likeness (QED) is 0.809. The summed E-state index contributed by atoms with van der Waals surface area (Å²) in [5.74, 6) is 0. The Kier molecular flexibility index (Phi) is 3.93. The maximum Gasteiger partial charge on any atom is 0.0209 e. The lowest BCUT2D eigenvalue weighted by Gasteiger charge is -2.41. The first-order valence-corrected chi connectivity index (χ1v) is 6.81. The second kappa shape index (κ2) is 5.27. The zero-order valence-electron chi connectivity index (χ0n) is 9.67. The molecule has 2 rings (SSSR count). The first-order valence-electron chi connectivity index (χ1n) is 5.78. The normalized spacial score (nSPS) is 22.2. The summed E-state index contributed by atoms with van der Waals surface area (Å²) in [6.45, 7) is 1.68. The van der Waals surface area contributed by atoms with Crippen molar-refractivity contribution in [3.8, 4) is 0 Å². The van der Waals surface area contributed by atoms with Crippen molar-refractivity contribution in [1.29, 1.82) is 0 Å². The van der Waals surface area contributed by atoms with Crippen LogP contribution >= 0.6 is 0 Å². The van der Waals surface area contributed by atoms with Crippen LogP contribution in [-0.4, -0.2) is 32.7 Å². The van der Waals surface area contributed by atoms with E-state index < -0.39 is 11.3 Å². The van der Waals surface area contributed by atoms with E-state index in [1.807, 2.05) is 18.2 Å². The van der Waals surface area contributed by atoms with Gasteiger partial charge in [-0.1, -0.05) is 30.3 Å². The zero-order valence-corrected chi connectivity index (χ0v) is 10.5. The average molecular weight is 253 g/mol. The maximum absolute atomic E-state index is 10.9. The minimum Gasteiger partial charge on any atom is -0.760 e. The molecule has 1 atom stereocenters. The van der Waals surface area contributed by atoms with Gasteiger partial charge >= 0.3 is 0 Å². The van der Waals surface area contributed by atoms with E-state index in [2.05, 4.69) is 12.1 Å². The highest BCUT2D eigenvalue weighted by Gasteiger charge is 2.35. The highest BCUT2D eigenvalue weighted by atomic mass is 32.2. The molecule has 0 saturated carbocycles. The molecule has 1 aliphatic rings. The molecule has 0 bridgehead atoms. The fourth-order valence-electron chi connectivity index (χ4n) is 2.47. The summed E-state index contributed by atoms with van der Waals surface area (Å²) in [5.41, 5.74) is 7.08. The minimum absolute atomic E-state index is 0.0584. The van der Waals surface area contributed by atoms with Gasteiger partial charge in [-0.15, -0.1) is 0 Å². The van der Waals surface area contributed by atoms with Crippen LogP contribution in [-0.2, 0) is 16.7 Å². The Morgan fingerprint density at radius 2 is 1.88 bits per heavy atom. The summed E-state index contributed by atoms with van der Waals surface area (Å²) in [6.07, 6.45) is 1.59. The number of piperidine rings is 1. The second-order valence-corrected chi connectivity index (χ2v) is 5.45. The number of nitrogens with zero attached hydrogens (tertiary/aromatic N) is 1. The first-order chi connectivity index (χ1) is 8.18. The minimum atomic E-state index is -2.10. The molecule has 1 fully saturated rings. The molecule has 0 aromatic heterocycles. The summed E-state index contributed by atoms with van der Waals surface area (Å²) >= 11 is -2.10. The molecule has 5 heteroatoms. The smallest absolute Gasteiger partial charge is 0.0209 e. The Labute approximate surface area is 104 Å². The van der Waals surface area contributed by atoms with Crippen LogP contribution in [0.3, 0.4) is 0 Å². The van der Waals surface area contributed by atoms with E-state index in [4.69, 9.17) is 5.73 Å². The first kappa shape index (κ1) is 12.7. The maximum atomic E-state index is 10.9. The Morgan fingerprint density at radius 3 is 2.35 bits per heavy atom. The molecule has 0 radical (unpaired) electrons. The molecule has 1 aliphatic heterocycles. The Bertz CT molecular complexity index is 389. The number of rotatable bonds is 3.